The fraction of sp³-hybridized carbons (Fsp3) is 0.0400. The summed E-state index contributed by atoms with van der Waals surface area (Å²) in [6.07, 6.45) is -4.54. The van der Waals surface area contributed by atoms with Gasteiger partial charge in [0.2, 0.25) is 0 Å². The summed E-state index contributed by atoms with van der Waals surface area (Å²) in [5, 5.41) is 10.5. The third-order valence-corrected chi connectivity index (χ3v) is 5.21. The van der Waals surface area contributed by atoms with Crippen LogP contribution in [0.1, 0.15) is 5.56 Å². The molecule has 5 rings (SSSR count). The van der Waals surface area contributed by atoms with E-state index in [1.54, 1.807) is 24.3 Å². The molecule has 0 spiro atoms. The van der Waals surface area contributed by atoms with Crippen LogP contribution in [0.5, 0.6) is 0 Å². The molecule has 0 saturated carbocycles. The average Bonchev–Trinajstić information content (AvgIpc) is 3.20. The van der Waals surface area contributed by atoms with Crippen molar-refractivity contribution < 1.29 is 36.1 Å². The Bertz CT molecular complexity index is 1450. The monoisotopic (exact) mass is 499 g/mol. The van der Waals surface area contributed by atoms with Crippen molar-refractivity contribution in [2.45, 2.75) is 6.18 Å². The molecule has 0 saturated heterocycles. The van der Waals surface area contributed by atoms with Crippen molar-refractivity contribution >= 4 is 22.5 Å². The van der Waals surface area contributed by atoms with Gasteiger partial charge >= 0.3 is 6.18 Å². The van der Waals surface area contributed by atoms with Crippen LogP contribution in [0.15, 0.2) is 84.9 Å². The second-order valence-corrected chi connectivity index (χ2v) is 7.42. The number of rotatable bonds is 4. The number of nitrogens with zero attached hydrogens (tertiary/aromatic N) is 2. The summed E-state index contributed by atoms with van der Waals surface area (Å²) in [6.45, 7) is 0. The van der Waals surface area contributed by atoms with E-state index in [4.69, 9.17) is 0 Å². The standard InChI is InChI=1S/C25H16F4N4.V/c26-17-10-11-21-19(14-17)24(33-32-21)31-23-13-16(15-6-2-1-3-7-15)12-22(30-23)18-8-4-5-9-20(18)25(27,28)29;/h1-14H,(H2,30,31,32,33);. The van der Waals surface area contributed by atoms with Gasteiger partial charge in [0.05, 0.1) is 16.8 Å². The van der Waals surface area contributed by atoms with Crippen LogP contribution in [0.3, 0.4) is 0 Å². The maximum atomic E-state index is 13.8. The van der Waals surface area contributed by atoms with E-state index < -0.39 is 17.6 Å². The van der Waals surface area contributed by atoms with Crippen molar-refractivity contribution in [1.29, 1.82) is 0 Å². The van der Waals surface area contributed by atoms with Crippen LogP contribution in [-0.2, 0) is 24.7 Å². The van der Waals surface area contributed by atoms with E-state index in [1.807, 2.05) is 30.3 Å². The number of pyridine rings is 1. The molecule has 2 N–H and O–H groups in total. The minimum Gasteiger partial charge on any atom is -0.323 e. The molecular weight excluding hydrogens is 483 g/mol. The summed E-state index contributed by atoms with van der Waals surface area (Å²) in [6, 6.07) is 22.1. The molecule has 0 unspecified atom stereocenters. The largest absolute Gasteiger partial charge is 0.417 e. The van der Waals surface area contributed by atoms with Crippen LogP contribution >= 0.6 is 0 Å². The molecule has 0 fully saturated rings. The number of anilines is 2. The Labute approximate surface area is 203 Å². The molecule has 0 amide bonds. The zero-order chi connectivity index (χ0) is 23.0. The van der Waals surface area contributed by atoms with Crippen LogP contribution in [0.4, 0.5) is 29.2 Å². The molecule has 0 aliphatic rings. The van der Waals surface area contributed by atoms with Crippen LogP contribution in [0.2, 0.25) is 0 Å². The Morgan fingerprint density at radius 2 is 1.53 bits per heavy atom. The molecule has 0 aliphatic heterocycles. The van der Waals surface area contributed by atoms with Crippen molar-refractivity contribution in [2.75, 3.05) is 5.32 Å². The Morgan fingerprint density at radius 1 is 0.794 bits per heavy atom. The summed E-state index contributed by atoms with van der Waals surface area (Å²) in [5.41, 5.74) is 1.43. The molecule has 5 aromatic rings. The molecule has 169 valence electrons. The fourth-order valence-electron chi connectivity index (χ4n) is 3.69. The van der Waals surface area contributed by atoms with Gasteiger partial charge in [0.1, 0.15) is 11.6 Å². The summed E-state index contributed by atoms with van der Waals surface area (Å²) in [5.74, 6) is 0.163. The average molecular weight is 499 g/mol. The number of hydrogen-bond donors (Lipinski definition) is 2. The van der Waals surface area contributed by atoms with Crippen molar-refractivity contribution in [2.24, 2.45) is 0 Å². The molecule has 1 radical (unpaired) electrons. The maximum absolute atomic E-state index is 13.8. The Morgan fingerprint density at radius 3 is 2.29 bits per heavy atom. The summed E-state index contributed by atoms with van der Waals surface area (Å²) < 4.78 is 54.8. The first kappa shape index (κ1) is 23.5. The number of aromatic amines is 1. The SMILES string of the molecule is Fc1ccc2[nH]nc(Nc3cc(-c4ccccc4)cc(-c4ccccc4C(F)(F)F)n3)c2c1.[V]. The van der Waals surface area contributed by atoms with E-state index in [2.05, 4.69) is 20.5 Å². The number of H-pyrrole nitrogens is 1. The van der Waals surface area contributed by atoms with E-state index >= 15 is 0 Å². The van der Waals surface area contributed by atoms with E-state index in [9.17, 15) is 17.6 Å². The van der Waals surface area contributed by atoms with Crippen molar-refractivity contribution in [3.05, 3.63) is 96.3 Å². The first-order valence-electron chi connectivity index (χ1n) is 10.0. The van der Waals surface area contributed by atoms with Gasteiger partial charge in [0, 0.05) is 29.5 Å². The second-order valence-electron chi connectivity index (χ2n) is 7.42. The van der Waals surface area contributed by atoms with Gasteiger partial charge in [0.25, 0.3) is 0 Å². The number of halogens is 4. The molecule has 9 heteroatoms. The minimum atomic E-state index is -4.54. The molecular formula is C25H16F4N4V. The van der Waals surface area contributed by atoms with Gasteiger partial charge in [-0.3, -0.25) is 5.10 Å². The predicted molar refractivity (Wildman–Crippen MR) is 119 cm³/mol. The molecule has 0 atom stereocenters. The van der Waals surface area contributed by atoms with Crippen molar-refractivity contribution in [1.82, 2.24) is 15.2 Å². The van der Waals surface area contributed by atoms with Gasteiger partial charge in [-0.15, -0.1) is 0 Å². The summed E-state index contributed by atoms with van der Waals surface area (Å²) in [4.78, 5) is 4.45. The zero-order valence-electron chi connectivity index (χ0n) is 17.4. The smallest absolute Gasteiger partial charge is 0.323 e. The zero-order valence-corrected chi connectivity index (χ0v) is 18.8. The third-order valence-electron chi connectivity index (χ3n) is 5.21. The van der Waals surface area contributed by atoms with E-state index in [0.29, 0.717) is 22.3 Å². The molecule has 2 heterocycles. The Hall–Kier alpha value is -3.62. The topological polar surface area (TPSA) is 53.6 Å². The number of alkyl halides is 3. The van der Waals surface area contributed by atoms with Gasteiger partial charge in [-0.25, -0.2) is 9.37 Å². The number of nitrogens with one attached hydrogen (secondary N) is 2. The van der Waals surface area contributed by atoms with Crippen LogP contribution < -0.4 is 5.32 Å². The van der Waals surface area contributed by atoms with Crippen LogP contribution in [-0.4, -0.2) is 15.2 Å². The van der Waals surface area contributed by atoms with Crippen molar-refractivity contribution in [3.63, 3.8) is 0 Å². The van der Waals surface area contributed by atoms with Gasteiger partial charge in [-0.1, -0.05) is 48.5 Å². The van der Waals surface area contributed by atoms with Gasteiger partial charge in [-0.2, -0.15) is 18.3 Å². The van der Waals surface area contributed by atoms with Gasteiger partial charge in [0.15, 0.2) is 5.82 Å². The quantitative estimate of drug-likeness (QED) is 0.258. The molecule has 0 bridgehead atoms. The van der Waals surface area contributed by atoms with Crippen LogP contribution in [0.25, 0.3) is 33.3 Å². The van der Waals surface area contributed by atoms with Gasteiger partial charge in [-0.05, 0) is 47.5 Å². The van der Waals surface area contributed by atoms with E-state index in [-0.39, 0.29) is 35.6 Å². The molecule has 3 aromatic carbocycles. The Balaban J connectivity index is 0.00000274. The molecule has 2 aromatic heterocycles. The predicted octanol–water partition coefficient (Wildman–Crippen LogP) is 7.19. The van der Waals surface area contributed by atoms with Crippen molar-refractivity contribution in [3.8, 4) is 22.4 Å². The molecule has 0 aliphatic carbocycles. The first-order valence-corrected chi connectivity index (χ1v) is 10.0. The van der Waals surface area contributed by atoms with Gasteiger partial charge < -0.3 is 5.32 Å². The molecule has 4 nitrogen and oxygen atoms in total. The molecule has 34 heavy (non-hydrogen) atoms. The van der Waals surface area contributed by atoms with Crippen LogP contribution in [0, 0.1) is 5.82 Å². The summed E-state index contributed by atoms with van der Waals surface area (Å²) in [7, 11) is 0. The maximum Gasteiger partial charge on any atom is 0.417 e. The number of fused-ring (bicyclic) bond motifs is 1. The minimum absolute atomic E-state index is 0. The number of benzene rings is 3. The fourth-order valence-corrected chi connectivity index (χ4v) is 3.69. The second kappa shape index (κ2) is 9.33. The van der Waals surface area contributed by atoms with E-state index in [1.165, 1.54) is 24.3 Å². The normalized spacial score (nSPS) is 11.3. The number of aromatic nitrogens is 3. The van der Waals surface area contributed by atoms with E-state index in [0.717, 1.165) is 11.6 Å². The summed E-state index contributed by atoms with van der Waals surface area (Å²) >= 11 is 0. The Kier molecular flexibility index (Phi) is 6.46. The number of hydrogen-bond acceptors (Lipinski definition) is 3. The first-order chi connectivity index (χ1) is 15.9. The third kappa shape index (κ3) is 4.69.